The molecule has 1 spiro atoms. The van der Waals surface area contributed by atoms with E-state index < -0.39 is 41.4 Å². The number of nitrogen functional groups attached to an aromatic ring is 1. The van der Waals surface area contributed by atoms with Crippen LogP contribution < -0.4 is 15.4 Å². The van der Waals surface area contributed by atoms with Crippen molar-refractivity contribution in [1.82, 2.24) is 19.8 Å². The van der Waals surface area contributed by atoms with Gasteiger partial charge < -0.3 is 25.0 Å². The second-order valence-corrected chi connectivity index (χ2v) is 15.2. The molecule has 8 rings (SSSR count). The molecule has 2 aromatic heterocycles. The van der Waals surface area contributed by atoms with Crippen LogP contribution in [0.5, 0.6) is 6.01 Å². The van der Waals surface area contributed by atoms with Crippen molar-refractivity contribution in [3.63, 3.8) is 0 Å². The Kier molecular flexibility index (Phi) is 7.83. The molecule has 4 aliphatic rings. The Hall–Kier alpha value is -3.97. The second kappa shape index (κ2) is 11.8. The lowest BCUT2D eigenvalue weighted by Gasteiger charge is -2.54. The summed E-state index contributed by atoms with van der Waals surface area (Å²) in [5.41, 5.74) is 5.26. The number of aromatic nitrogens is 2. The van der Waals surface area contributed by atoms with E-state index in [1.54, 1.807) is 0 Å². The van der Waals surface area contributed by atoms with Gasteiger partial charge in [-0.15, -0.1) is 11.3 Å². The number of ether oxygens (including phenoxy) is 2. The van der Waals surface area contributed by atoms with Crippen molar-refractivity contribution < 1.29 is 31.8 Å². The molecule has 2 N–H and O–H groups in total. The normalized spacial score (nSPS) is 23.3. The second-order valence-electron chi connectivity index (χ2n) is 13.7. The molecule has 262 valence electrons. The molecule has 50 heavy (non-hydrogen) atoms. The van der Waals surface area contributed by atoms with Crippen LogP contribution in [0.1, 0.15) is 31.7 Å². The number of rotatable bonds is 6. The van der Waals surface area contributed by atoms with Gasteiger partial charge in [0.2, 0.25) is 5.91 Å². The number of nitrogens with two attached hydrogens (primary N) is 1. The number of hydrogen-bond donors (Lipinski definition) is 1. The molecule has 3 saturated heterocycles. The van der Waals surface area contributed by atoms with Crippen molar-refractivity contribution in [3.05, 3.63) is 40.4 Å². The van der Waals surface area contributed by atoms with Crippen LogP contribution in [0.2, 0.25) is 5.02 Å². The van der Waals surface area contributed by atoms with Crippen molar-refractivity contribution in [3.8, 4) is 23.2 Å². The Morgan fingerprint density at radius 1 is 1.24 bits per heavy atom. The molecule has 0 bridgehead atoms. The first-order valence-electron chi connectivity index (χ1n) is 16.3. The molecule has 1 amide bonds. The summed E-state index contributed by atoms with van der Waals surface area (Å²) in [5, 5.41) is 10.4. The monoisotopic (exact) mass is 729 g/mol. The molecule has 2 aromatic carbocycles. The SMILES string of the molecule is C[C@H](Oc1nc(N2CCOC3(CN(C(=O)C4CC4(F)F)C3)C2)c2cc(Cl)c(-c3ccc(F)c4sc(N)c(C#N)c34)c(F)c2n1)[C@@H]1CCCN1C. The number of amides is 1. The van der Waals surface area contributed by atoms with Gasteiger partial charge >= 0.3 is 6.01 Å². The fourth-order valence-corrected chi connectivity index (χ4v) is 8.95. The quantitative estimate of drug-likeness (QED) is 0.245. The maximum absolute atomic E-state index is 17.0. The number of thiophene rings is 1. The standard InChI is InChI=1S/C34H32ClF4N7O3S/c1-16(23-4-3-7-44(23)2)49-32-42-27-18(10-21(35)25(26(27)37)17-5-6-22(36)28-24(17)19(12-40)29(41)50-28)30(43-32)45-8-9-48-33(13-45)14-46(15-33)31(47)20-11-34(20,38)39/h5-6,10,16,20,23H,3-4,7-9,11,13-15,41H2,1-2H3/t16-,20?,23-/m0/s1. The predicted octanol–water partition coefficient (Wildman–Crippen LogP) is 5.83. The van der Waals surface area contributed by atoms with Gasteiger partial charge in [-0.3, -0.25) is 9.69 Å². The number of benzene rings is 2. The lowest BCUT2D eigenvalue weighted by molar-refractivity contribution is -0.174. The van der Waals surface area contributed by atoms with Crippen molar-refractivity contribution in [2.75, 3.05) is 57.0 Å². The van der Waals surface area contributed by atoms with Crippen molar-refractivity contribution in [2.45, 2.75) is 49.9 Å². The van der Waals surface area contributed by atoms with Crippen LogP contribution in [0.15, 0.2) is 18.2 Å². The summed E-state index contributed by atoms with van der Waals surface area (Å²) >= 11 is 7.74. The first-order valence-corrected chi connectivity index (χ1v) is 17.5. The fourth-order valence-electron chi connectivity index (χ4n) is 7.71. The fraction of sp³-hybridized carbons (Fsp3) is 0.471. The minimum absolute atomic E-state index is 0.0222. The summed E-state index contributed by atoms with van der Waals surface area (Å²) in [6.07, 6.45) is 1.13. The zero-order valence-corrected chi connectivity index (χ0v) is 28.7. The molecule has 4 fully saturated rings. The molecular weight excluding hydrogens is 698 g/mol. The number of fused-ring (bicyclic) bond motifs is 2. The van der Waals surface area contributed by atoms with E-state index in [0.29, 0.717) is 12.4 Å². The van der Waals surface area contributed by atoms with E-state index in [2.05, 4.69) is 9.88 Å². The Balaban J connectivity index is 1.22. The highest BCUT2D eigenvalue weighted by molar-refractivity contribution is 7.23. The molecule has 3 aliphatic heterocycles. The number of halogens is 5. The molecule has 0 radical (unpaired) electrons. The number of nitrogens with zero attached hydrogens (tertiary/aromatic N) is 6. The summed E-state index contributed by atoms with van der Waals surface area (Å²) in [6, 6.07) is 6.12. The van der Waals surface area contributed by atoms with Crippen LogP contribution in [-0.2, 0) is 9.53 Å². The smallest absolute Gasteiger partial charge is 0.319 e. The van der Waals surface area contributed by atoms with Crippen LogP contribution in [0.4, 0.5) is 28.4 Å². The Labute approximate surface area is 293 Å². The average molecular weight is 730 g/mol. The third-order valence-electron chi connectivity index (χ3n) is 10.4. The number of alkyl halides is 2. The Morgan fingerprint density at radius 3 is 2.68 bits per heavy atom. The van der Waals surface area contributed by atoms with E-state index >= 15 is 4.39 Å². The first kappa shape index (κ1) is 33.2. The van der Waals surface area contributed by atoms with E-state index in [1.165, 1.54) is 23.1 Å². The number of hydrogen-bond acceptors (Lipinski definition) is 10. The summed E-state index contributed by atoms with van der Waals surface area (Å²) < 4.78 is 71.7. The molecule has 10 nitrogen and oxygen atoms in total. The van der Waals surface area contributed by atoms with Crippen LogP contribution in [0.3, 0.4) is 0 Å². The number of likely N-dealkylation sites (N-methyl/N-ethyl adjacent to an activating group) is 1. The molecule has 16 heteroatoms. The highest BCUT2D eigenvalue weighted by Crippen LogP contribution is 2.51. The molecule has 1 aliphatic carbocycles. The van der Waals surface area contributed by atoms with Gasteiger partial charge in [0, 0.05) is 35.3 Å². The van der Waals surface area contributed by atoms with Crippen molar-refractivity contribution >= 4 is 60.7 Å². The highest BCUT2D eigenvalue weighted by Gasteiger charge is 2.64. The molecular formula is C34H32ClF4N7O3S. The number of anilines is 2. The van der Waals surface area contributed by atoms with Crippen molar-refractivity contribution in [1.29, 1.82) is 5.26 Å². The molecule has 5 heterocycles. The lowest BCUT2D eigenvalue weighted by Crippen LogP contribution is -2.71. The number of likely N-dealkylation sites (tertiary alicyclic amines) is 2. The van der Waals surface area contributed by atoms with Crippen LogP contribution >= 0.6 is 22.9 Å². The van der Waals surface area contributed by atoms with Gasteiger partial charge in [-0.25, -0.2) is 17.6 Å². The minimum atomic E-state index is -2.96. The van der Waals surface area contributed by atoms with E-state index in [1.807, 2.05) is 24.9 Å². The lowest BCUT2D eigenvalue weighted by atomic mass is 9.91. The van der Waals surface area contributed by atoms with E-state index in [-0.39, 0.29) is 92.1 Å². The molecule has 4 aromatic rings. The van der Waals surface area contributed by atoms with Crippen molar-refractivity contribution in [2.24, 2.45) is 5.92 Å². The largest absolute Gasteiger partial charge is 0.459 e. The van der Waals surface area contributed by atoms with Gasteiger partial charge in [0.15, 0.2) is 5.82 Å². The van der Waals surface area contributed by atoms with Crippen LogP contribution in [0, 0.1) is 28.9 Å². The number of nitriles is 1. The van der Waals surface area contributed by atoms with Crippen LogP contribution in [-0.4, -0.2) is 95.7 Å². The van der Waals surface area contributed by atoms with Gasteiger partial charge in [0.1, 0.15) is 45.8 Å². The average Bonchev–Trinajstić information content (AvgIpc) is 3.33. The minimum Gasteiger partial charge on any atom is -0.459 e. The zero-order valence-electron chi connectivity index (χ0n) is 27.1. The third kappa shape index (κ3) is 5.30. The topological polar surface area (TPSA) is 121 Å². The number of morpholine rings is 1. The van der Waals surface area contributed by atoms with Crippen LogP contribution in [0.25, 0.3) is 32.1 Å². The summed E-state index contributed by atoms with van der Waals surface area (Å²) in [4.78, 5) is 27.4. The number of carbonyl (C=O) groups is 1. The van der Waals surface area contributed by atoms with Gasteiger partial charge in [-0.2, -0.15) is 15.2 Å². The summed E-state index contributed by atoms with van der Waals surface area (Å²) in [6.45, 7) is 3.93. The Morgan fingerprint density at radius 2 is 2.00 bits per heavy atom. The van der Waals surface area contributed by atoms with Gasteiger partial charge in [0.05, 0.1) is 41.5 Å². The third-order valence-corrected chi connectivity index (χ3v) is 11.7. The number of carbonyl (C=O) groups excluding carboxylic acids is 1. The highest BCUT2D eigenvalue weighted by atomic mass is 35.5. The maximum atomic E-state index is 17.0. The van der Waals surface area contributed by atoms with Gasteiger partial charge in [-0.1, -0.05) is 17.7 Å². The van der Waals surface area contributed by atoms with E-state index in [9.17, 15) is 23.2 Å². The summed E-state index contributed by atoms with van der Waals surface area (Å²) in [5.74, 6) is -5.93. The zero-order chi connectivity index (χ0) is 35.3. The molecule has 1 unspecified atom stereocenters. The predicted molar refractivity (Wildman–Crippen MR) is 181 cm³/mol. The van der Waals surface area contributed by atoms with E-state index in [4.69, 9.17) is 31.8 Å². The summed E-state index contributed by atoms with van der Waals surface area (Å²) in [7, 11) is 2.01. The van der Waals surface area contributed by atoms with Gasteiger partial charge in [0.25, 0.3) is 5.92 Å². The Bertz CT molecular complexity index is 2120. The first-order chi connectivity index (χ1) is 23.8. The van der Waals surface area contributed by atoms with Gasteiger partial charge in [-0.05, 0) is 51.1 Å². The molecule has 1 saturated carbocycles. The van der Waals surface area contributed by atoms with E-state index in [0.717, 1.165) is 30.7 Å². The molecule has 3 atom stereocenters. The maximum Gasteiger partial charge on any atom is 0.319 e.